The maximum absolute atomic E-state index is 10.7. The molecule has 0 amide bonds. The molecule has 72 valence electrons. The van der Waals surface area contributed by atoms with Gasteiger partial charge >= 0.3 is 0 Å². The highest BCUT2D eigenvalue weighted by atomic mass is 32.2. The molecule has 5 nitrogen and oxygen atoms in total. The van der Waals surface area contributed by atoms with E-state index in [4.69, 9.17) is 10.3 Å². The Bertz CT molecular complexity index is 379. The summed E-state index contributed by atoms with van der Waals surface area (Å²) < 4.78 is 30.2. The zero-order valence-corrected chi connectivity index (χ0v) is 7.49. The van der Waals surface area contributed by atoms with Crippen molar-refractivity contribution in [3.05, 3.63) is 22.8 Å². The van der Waals surface area contributed by atoms with Crippen LogP contribution in [0.15, 0.2) is 22.8 Å². The van der Waals surface area contributed by atoms with Crippen molar-refractivity contribution < 1.29 is 17.8 Å². The lowest BCUT2D eigenvalue weighted by Gasteiger charge is -2.13. The van der Waals surface area contributed by atoms with Gasteiger partial charge < -0.3 is 10.5 Å². The highest BCUT2D eigenvalue weighted by Crippen LogP contribution is 2.23. The van der Waals surface area contributed by atoms with Gasteiger partial charge in [-0.15, -0.1) is 0 Å². The SMILES string of the molecule is NC1=C(S(=O)(=O)O)CC(C=O)C=C1. The summed E-state index contributed by atoms with van der Waals surface area (Å²) in [5.74, 6) is -0.524. The van der Waals surface area contributed by atoms with Crippen LogP contribution in [0.5, 0.6) is 0 Å². The van der Waals surface area contributed by atoms with Crippen LogP contribution in [0, 0.1) is 5.92 Å². The van der Waals surface area contributed by atoms with E-state index in [0.717, 1.165) is 0 Å². The molecular weight excluding hydrogens is 194 g/mol. The van der Waals surface area contributed by atoms with Gasteiger partial charge in [0.1, 0.15) is 6.29 Å². The lowest BCUT2D eigenvalue weighted by molar-refractivity contribution is -0.109. The summed E-state index contributed by atoms with van der Waals surface area (Å²) in [7, 11) is -4.27. The van der Waals surface area contributed by atoms with E-state index in [1.54, 1.807) is 0 Å². The summed E-state index contributed by atoms with van der Waals surface area (Å²) in [5, 5.41) is 0. The molecule has 1 unspecified atom stereocenters. The fraction of sp³-hybridized carbons (Fsp3) is 0.286. The quantitative estimate of drug-likeness (QED) is 0.479. The van der Waals surface area contributed by atoms with Crippen LogP contribution in [0.25, 0.3) is 0 Å². The third-order valence-electron chi connectivity index (χ3n) is 1.75. The van der Waals surface area contributed by atoms with E-state index in [2.05, 4.69) is 0 Å². The molecule has 0 aromatic heterocycles. The molecule has 6 heteroatoms. The molecule has 0 saturated heterocycles. The maximum Gasteiger partial charge on any atom is 0.292 e. The van der Waals surface area contributed by atoms with E-state index < -0.39 is 16.0 Å². The molecule has 0 bridgehead atoms. The first-order valence-electron chi connectivity index (χ1n) is 3.54. The third-order valence-corrected chi connectivity index (χ3v) is 2.78. The van der Waals surface area contributed by atoms with Crippen molar-refractivity contribution in [1.82, 2.24) is 0 Å². The zero-order chi connectivity index (χ0) is 10.1. The van der Waals surface area contributed by atoms with Gasteiger partial charge in [-0.2, -0.15) is 8.42 Å². The number of hydrogen-bond acceptors (Lipinski definition) is 4. The largest absolute Gasteiger partial charge is 0.398 e. The molecule has 0 saturated carbocycles. The molecule has 0 aliphatic heterocycles. The number of aldehydes is 1. The Hall–Kier alpha value is -1.14. The van der Waals surface area contributed by atoms with Crippen molar-refractivity contribution in [3.8, 4) is 0 Å². The second kappa shape index (κ2) is 3.31. The average Bonchev–Trinajstić information content (AvgIpc) is 2.03. The number of rotatable bonds is 2. The first-order chi connectivity index (χ1) is 5.95. The summed E-state index contributed by atoms with van der Waals surface area (Å²) in [6.45, 7) is 0. The molecule has 0 radical (unpaired) electrons. The highest BCUT2D eigenvalue weighted by Gasteiger charge is 2.23. The number of carbonyl (C=O) groups is 1. The van der Waals surface area contributed by atoms with E-state index in [0.29, 0.717) is 6.29 Å². The molecule has 0 aromatic rings. The van der Waals surface area contributed by atoms with E-state index >= 15 is 0 Å². The van der Waals surface area contributed by atoms with Crippen molar-refractivity contribution >= 4 is 16.4 Å². The van der Waals surface area contributed by atoms with Crippen molar-refractivity contribution in [3.63, 3.8) is 0 Å². The molecule has 1 atom stereocenters. The van der Waals surface area contributed by atoms with Gasteiger partial charge in [0, 0.05) is 18.0 Å². The summed E-state index contributed by atoms with van der Waals surface area (Å²) in [4.78, 5) is 10.1. The molecule has 13 heavy (non-hydrogen) atoms. The minimum Gasteiger partial charge on any atom is -0.398 e. The second-order valence-corrected chi connectivity index (χ2v) is 4.16. The smallest absolute Gasteiger partial charge is 0.292 e. The van der Waals surface area contributed by atoms with Crippen LogP contribution in [0.1, 0.15) is 6.42 Å². The van der Waals surface area contributed by atoms with Crippen LogP contribution in [0.2, 0.25) is 0 Å². The summed E-state index contributed by atoms with van der Waals surface area (Å²) >= 11 is 0. The summed E-state index contributed by atoms with van der Waals surface area (Å²) in [6.07, 6.45) is 3.35. The average molecular weight is 203 g/mol. The van der Waals surface area contributed by atoms with Crippen molar-refractivity contribution in [1.29, 1.82) is 0 Å². The van der Waals surface area contributed by atoms with Crippen molar-refractivity contribution in [2.45, 2.75) is 6.42 Å². The van der Waals surface area contributed by atoms with Gasteiger partial charge in [-0.25, -0.2) is 0 Å². The second-order valence-electron chi connectivity index (χ2n) is 2.72. The van der Waals surface area contributed by atoms with Gasteiger partial charge in [-0.05, 0) is 6.08 Å². The molecule has 1 aliphatic rings. The predicted octanol–water partition coefficient (Wildman–Crippen LogP) is -0.180. The lowest BCUT2D eigenvalue weighted by Crippen LogP contribution is -2.17. The minimum atomic E-state index is -4.27. The van der Waals surface area contributed by atoms with Gasteiger partial charge in [0.2, 0.25) is 0 Å². The number of carbonyl (C=O) groups excluding carboxylic acids is 1. The van der Waals surface area contributed by atoms with Gasteiger partial charge in [0.25, 0.3) is 10.1 Å². The van der Waals surface area contributed by atoms with Gasteiger partial charge in [-0.3, -0.25) is 4.55 Å². The predicted molar refractivity (Wildman–Crippen MR) is 46.1 cm³/mol. The molecular formula is C7H9NO4S. The monoisotopic (exact) mass is 203 g/mol. The number of allylic oxidation sites excluding steroid dienone is 3. The van der Waals surface area contributed by atoms with Crippen LogP contribution in [-0.2, 0) is 14.9 Å². The molecule has 0 fully saturated rings. The number of hydrogen-bond donors (Lipinski definition) is 2. The Kier molecular flexibility index (Phi) is 2.53. The standard InChI is InChI=1S/C7H9NO4S/c8-6-2-1-5(4-9)3-7(6)13(10,11)12/h1-2,4-5H,3,8H2,(H,10,11,12). The molecule has 0 spiro atoms. The van der Waals surface area contributed by atoms with Crippen LogP contribution in [-0.4, -0.2) is 19.3 Å². The molecule has 0 heterocycles. The lowest BCUT2D eigenvalue weighted by atomic mass is 10.0. The topological polar surface area (TPSA) is 97.5 Å². The molecule has 0 aromatic carbocycles. The first kappa shape index (κ1) is 9.94. The van der Waals surface area contributed by atoms with Crippen LogP contribution in [0.3, 0.4) is 0 Å². The van der Waals surface area contributed by atoms with Crippen molar-refractivity contribution in [2.75, 3.05) is 0 Å². The zero-order valence-electron chi connectivity index (χ0n) is 6.67. The molecule has 3 N–H and O–H groups in total. The third kappa shape index (κ3) is 2.16. The Morgan fingerprint density at radius 3 is 2.69 bits per heavy atom. The van der Waals surface area contributed by atoms with Gasteiger partial charge in [0.05, 0.1) is 4.91 Å². The van der Waals surface area contributed by atoms with E-state index in [-0.39, 0.29) is 17.0 Å². The minimum absolute atomic E-state index is 0.0133. The van der Waals surface area contributed by atoms with Crippen molar-refractivity contribution in [2.24, 2.45) is 11.7 Å². The normalized spacial score (nSPS) is 23.3. The Morgan fingerprint density at radius 2 is 2.23 bits per heavy atom. The Morgan fingerprint density at radius 1 is 1.62 bits per heavy atom. The maximum atomic E-state index is 10.7. The summed E-state index contributed by atoms with van der Waals surface area (Å²) in [6, 6.07) is 0. The highest BCUT2D eigenvalue weighted by molar-refractivity contribution is 7.89. The molecule has 1 rings (SSSR count). The van der Waals surface area contributed by atoms with Crippen LogP contribution < -0.4 is 5.73 Å². The molecule has 1 aliphatic carbocycles. The fourth-order valence-electron chi connectivity index (χ4n) is 1.07. The van der Waals surface area contributed by atoms with Gasteiger partial charge in [-0.1, -0.05) is 6.08 Å². The van der Waals surface area contributed by atoms with E-state index in [9.17, 15) is 13.2 Å². The van der Waals surface area contributed by atoms with Crippen LogP contribution in [0.4, 0.5) is 0 Å². The number of nitrogens with two attached hydrogens (primary N) is 1. The van der Waals surface area contributed by atoms with Gasteiger partial charge in [0.15, 0.2) is 0 Å². The Labute approximate surface area is 75.7 Å². The summed E-state index contributed by atoms with van der Waals surface area (Å²) in [5.41, 5.74) is 5.31. The van der Waals surface area contributed by atoms with Crippen LogP contribution >= 0.6 is 0 Å². The fourth-order valence-corrected chi connectivity index (χ4v) is 1.84. The van der Waals surface area contributed by atoms with E-state index in [1.807, 2.05) is 0 Å². The Balaban J connectivity index is 3.09. The first-order valence-corrected chi connectivity index (χ1v) is 4.98. The van der Waals surface area contributed by atoms with E-state index in [1.165, 1.54) is 12.2 Å².